The van der Waals surface area contributed by atoms with Gasteiger partial charge in [-0.2, -0.15) is 0 Å². The average Bonchev–Trinajstić information content (AvgIpc) is 2.92. The van der Waals surface area contributed by atoms with E-state index in [1.54, 1.807) is 36.4 Å². The maximum atomic E-state index is 13.9. The highest BCUT2D eigenvalue weighted by atomic mass is 16.3. The van der Waals surface area contributed by atoms with Gasteiger partial charge in [0.2, 0.25) is 5.91 Å². The van der Waals surface area contributed by atoms with Crippen LogP contribution in [0.25, 0.3) is 0 Å². The van der Waals surface area contributed by atoms with E-state index >= 15 is 0 Å². The second kappa shape index (κ2) is 10.1. The van der Waals surface area contributed by atoms with Crippen molar-refractivity contribution >= 4 is 29.2 Å². The number of benzene rings is 2. The third-order valence-electron chi connectivity index (χ3n) is 8.80. The van der Waals surface area contributed by atoms with Crippen LogP contribution in [0.2, 0.25) is 0 Å². The molecule has 7 N–H and O–H groups in total. The molecule has 5 rings (SSSR count). The molecule has 2 fully saturated rings. The number of fused-ring (bicyclic) bond motifs is 3. The lowest BCUT2D eigenvalue weighted by atomic mass is 9.51. The first-order valence-electron chi connectivity index (χ1n) is 13.2. The van der Waals surface area contributed by atoms with Crippen LogP contribution >= 0.6 is 0 Å². The first kappa shape index (κ1) is 28.6. The van der Waals surface area contributed by atoms with Crippen molar-refractivity contribution in [3.63, 3.8) is 0 Å². The number of nitrogens with zero attached hydrogens (tertiary/aromatic N) is 1. The minimum absolute atomic E-state index is 0.0564. The number of carbonyl (C=O) groups excluding carboxylic acids is 5. The molecule has 0 saturated heterocycles. The number of aromatic hydroxyl groups is 1. The third-order valence-corrected chi connectivity index (χ3v) is 8.80. The fraction of sp³-hybridized carbons (Fsp3) is 0.414. The lowest BCUT2D eigenvalue weighted by molar-refractivity contribution is -0.207. The number of primary amides is 1. The van der Waals surface area contributed by atoms with E-state index < -0.39 is 82.4 Å². The van der Waals surface area contributed by atoms with Gasteiger partial charge in [0.05, 0.1) is 23.7 Å². The summed E-state index contributed by atoms with van der Waals surface area (Å²) in [5.41, 5.74) is 3.09. The third kappa shape index (κ3) is 4.17. The van der Waals surface area contributed by atoms with Crippen LogP contribution in [-0.4, -0.2) is 92.4 Å². The van der Waals surface area contributed by atoms with E-state index in [2.05, 4.69) is 5.32 Å². The zero-order valence-electron chi connectivity index (χ0n) is 22.4. The van der Waals surface area contributed by atoms with E-state index in [-0.39, 0.29) is 24.1 Å². The maximum Gasteiger partial charge on any atom is 0.251 e. The monoisotopic (exact) mass is 565 g/mol. The van der Waals surface area contributed by atoms with Gasteiger partial charge in [0.1, 0.15) is 11.7 Å². The second-order valence-corrected chi connectivity index (χ2v) is 11.2. The van der Waals surface area contributed by atoms with Gasteiger partial charge in [-0.05, 0) is 38.2 Å². The van der Waals surface area contributed by atoms with E-state index in [1.165, 1.54) is 25.1 Å². The standard InChI is InChI=1S/C29H31N3O9/c1-32(2)20-19-22(34)15-10-13-8-9-14(11-31-28(40)12-6-4-3-5-7-12)21(33)16(13)23(35)17(15)25(37)29(19,41)26(38)18(24(20)36)27(30)39/h3-9,15,17-20,22,24,33-34,36,41H,10-11H2,1-2H3,(H2,30,39)(H,31,40)/t15-,17?,18?,19-,20+,22+,24?,29+/m0/s1. The number of amides is 2. The molecule has 0 spiro atoms. The number of carbonyl (C=O) groups is 5. The lowest BCUT2D eigenvalue weighted by Crippen LogP contribution is -2.78. The van der Waals surface area contributed by atoms with Gasteiger partial charge in [0.15, 0.2) is 23.0 Å². The van der Waals surface area contributed by atoms with Crippen molar-refractivity contribution in [2.75, 3.05) is 14.1 Å². The van der Waals surface area contributed by atoms with Crippen molar-refractivity contribution in [3.05, 3.63) is 64.7 Å². The van der Waals surface area contributed by atoms with E-state index in [9.17, 15) is 44.4 Å². The predicted molar refractivity (Wildman–Crippen MR) is 141 cm³/mol. The number of hydrogen-bond donors (Lipinski definition) is 6. The van der Waals surface area contributed by atoms with Crippen LogP contribution in [0.4, 0.5) is 0 Å². The number of likely N-dealkylation sites (N-methyl/N-ethyl adjacent to an activating group) is 1. The molecular formula is C29H31N3O9. The SMILES string of the molecule is CN(C)[C@H]1C(O)C(C(N)=O)C(=O)[C@]2(O)C(=O)C3C(=O)c4c(ccc(CNC(=O)c5ccccc5)c4O)C[C@@H]3[C@@H](O)[C@H]12. The van der Waals surface area contributed by atoms with Crippen LogP contribution in [0.3, 0.4) is 0 Å². The molecule has 3 unspecified atom stereocenters. The Morgan fingerprint density at radius 2 is 1.68 bits per heavy atom. The molecule has 0 aliphatic heterocycles. The van der Waals surface area contributed by atoms with E-state index in [0.29, 0.717) is 11.1 Å². The first-order valence-corrected chi connectivity index (χ1v) is 13.2. The summed E-state index contributed by atoms with van der Waals surface area (Å²) in [6.07, 6.45) is -3.39. The molecule has 2 aromatic carbocycles. The summed E-state index contributed by atoms with van der Waals surface area (Å²) in [6, 6.07) is 10.2. The Morgan fingerprint density at radius 3 is 2.29 bits per heavy atom. The summed E-state index contributed by atoms with van der Waals surface area (Å²) in [4.78, 5) is 67.1. The predicted octanol–water partition coefficient (Wildman–Crippen LogP) is -1.44. The summed E-state index contributed by atoms with van der Waals surface area (Å²) in [6.45, 7) is -0.141. The van der Waals surface area contributed by atoms with Gasteiger partial charge in [-0.15, -0.1) is 0 Å². The summed E-state index contributed by atoms with van der Waals surface area (Å²) in [7, 11) is 2.98. The molecule has 41 heavy (non-hydrogen) atoms. The summed E-state index contributed by atoms with van der Waals surface area (Å²) in [5.74, 6) is -11.9. The van der Waals surface area contributed by atoms with Crippen molar-refractivity contribution in [3.8, 4) is 5.75 Å². The molecule has 12 nitrogen and oxygen atoms in total. The second-order valence-electron chi connectivity index (χ2n) is 11.2. The molecule has 2 aromatic rings. The Balaban J connectivity index is 1.52. The number of rotatable bonds is 5. The highest BCUT2D eigenvalue weighted by molar-refractivity contribution is 6.25. The quantitative estimate of drug-likeness (QED) is 0.233. The molecule has 3 aliphatic rings. The van der Waals surface area contributed by atoms with Gasteiger partial charge < -0.3 is 36.4 Å². The van der Waals surface area contributed by atoms with Crippen molar-refractivity contribution in [2.24, 2.45) is 29.4 Å². The minimum Gasteiger partial charge on any atom is -0.507 e. The van der Waals surface area contributed by atoms with Crippen LogP contribution in [-0.2, 0) is 27.3 Å². The fourth-order valence-electron chi connectivity index (χ4n) is 6.86. The van der Waals surface area contributed by atoms with Crippen LogP contribution in [0.15, 0.2) is 42.5 Å². The number of aliphatic hydroxyl groups is 3. The molecular weight excluding hydrogens is 534 g/mol. The van der Waals surface area contributed by atoms with Gasteiger partial charge in [0.25, 0.3) is 5.91 Å². The van der Waals surface area contributed by atoms with Gasteiger partial charge in [0, 0.05) is 35.5 Å². The van der Waals surface area contributed by atoms with Gasteiger partial charge in [-0.1, -0.05) is 30.3 Å². The van der Waals surface area contributed by atoms with Gasteiger partial charge in [-0.3, -0.25) is 24.0 Å². The molecule has 8 atom stereocenters. The first-order chi connectivity index (χ1) is 19.3. The number of phenols is 1. The molecule has 3 aliphatic carbocycles. The van der Waals surface area contributed by atoms with E-state index in [0.717, 1.165) is 0 Å². The molecule has 0 radical (unpaired) electrons. The highest BCUT2D eigenvalue weighted by Gasteiger charge is 2.72. The lowest BCUT2D eigenvalue weighted by Gasteiger charge is -2.56. The number of hydrogen-bond acceptors (Lipinski definition) is 10. The van der Waals surface area contributed by atoms with Crippen molar-refractivity contribution in [1.82, 2.24) is 10.2 Å². The number of Topliss-reactive ketones (excluding diaryl/α,β-unsaturated/α-hetero) is 3. The number of nitrogens with one attached hydrogen (secondary N) is 1. The molecule has 2 saturated carbocycles. The average molecular weight is 566 g/mol. The molecule has 0 bridgehead atoms. The van der Waals surface area contributed by atoms with Crippen LogP contribution in [0, 0.1) is 23.7 Å². The van der Waals surface area contributed by atoms with E-state index in [1.807, 2.05) is 0 Å². The van der Waals surface area contributed by atoms with Crippen molar-refractivity contribution in [2.45, 2.75) is 36.8 Å². The highest BCUT2D eigenvalue weighted by Crippen LogP contribution is 2.51. The molecule has 0 heterocycles. The number of ketones is 3. The topological polar surface area (TPSA) is 208 Å². The zero-order chi connectivity index (χ0) is 30.0. The maximum absolute atomic E-state index is 13.9. The molecule has 216 valence electrons. The Kier molecular flexibility index (Phi) is 7.06. The normalized spacial score (nSPS) is 32.6. The smallest absolute Gasteiger partial charge is 0.251 e. The Hall–Kier alpha value is -3.97. The number of phenolic OH excluding ortho intramolecular Hbond substituents is 1. The zero-order valence-corrected chi connectivity index (χ0v) is 22.4. The van der Waals surface area contributed by atoms with Crippen LogP contribution in [0.1, 0.15) is 31.8 Å². The van der Waals surface area contributed by atoms with E-state index in [4.69, 9.17) is 5.73 Å². The Morgan fingerprint density at radius 1 is 1.02 bits per heavy atom. The largest absolute Gasteiger partial charge is 0.507 e. The summed E-state index contributed by atoms with van der Waals surface area (Å²) >= 11 is 0. The Labute approximate surface area is 234 Å². The molecule has 12 heteroatoms. The molecule has 0 aromatic heterocycles. The summed E-state index contributed by atoms with van der Waals surface area (Å²) < 4.78 is 0. The number of nitrogens with two attached hydrogens (primary N) is 1. The fourth-order valence-corrected chi connectivity index (χ4v) is 6.86. The van der Waals surface area contributed by atoms with Crippen LogP contribution < -0.4 is 11.1 Å². The van der Waals surface area contributed by atoms with Gasteiger partial charge in [-0.25, -0.2) is 0 Å². The number of aliphatic hydroxyl groups excluding tert-OH is 2. The minimum atomic E-state index is -2.99. The van der Waals surface area contributed by atoms with Crippen molar-refractivity contribution in [1.29, 1.82) is 0 Å². The Bertz CT molecular complexity index is 1460. The summed E-state index contributed by atoms with van der Waals surface area (Å²) in [5, 5.41) is 47.8. The van der Waals surface area contributed by atoms with Crippen LogP contribution in [0.5, 0.6) is 5.75 Å². The van der Waals surface area contributed by atoms with Gasteiger partial charge >= 0.3 is 0 Å². The molecule has 2 amide bonds. The van der Waals surface area contributed by atoms with Crippen molar-refractivity contribution < 1.29 is 44.4 Å².